The molecule has 4 nitrogen and oxygen atoms in total. The van der Waals surface area contributed by atoms with Gasteiger partial charge in [-0.2, -0.15) is 0 Å². The maximum atomic E-state index is 5.71. The average molecular weight is 226 g/mol. The van der Waals surface area contributed by atoms with Gasteiger partial charge in [0.15, 0.2) is 0 Å². The second-order valence-electron chi connectivity index (χ2n) is 3.61. The van der Waals surface area contributed by atoms with Gasteiger partial charge in [-0.15, -0.1) is 11.8 Å². The van der Waals surface area contributed by atoms with E-state index in [4.69, 9.17) is 5.73 Å². The molecule has 2 N–H and O–H groups in total. The highest BCUT2D eigenvalue weighted by Crippen LogP contribution is 2.16. The van der Waals surface area contributed by atoms with E-state index in [1.807, 2.05) is 26.3 Å². The summed E-state index contributed by atoms with van der Waals surface area (Å²) in [6.45, 7) is 2.93. The largest absolute Gasteiger partial charge is 0.359 e. The van der Waals surface area contributed by atoms with E-state index in [1.165, 1.54) is 0 Å². The average Bonchev–Trinajstić information content (AvgIpc) is 2.26. The molecule has 1 rings (SSSR count). The summed E-state index contributed by atoms with van der Waals surface area (Å²) in [5.41, 5.74) is 5.71. The van der Waals surface area contributed by atoms with Crippen molar-refractivity contribution in [3.63, 3.8) is 0 Å². The van der Waals surface area contributed by atoms with Gasteiger partial charge < -0.3 is 10.6 Å². The molecular formula is C10H18N4S. The van der Waals surface area contributed by atoms with Crippen LogP contribution in [-0.4, -0.2) is 35.9 Å². The van der Waals surface area contributed by atoms with Crippen molar-refractivity contribution in [3.8, 4) is 0 Å². The third-order valence-electron chi connectivity index (χ3n) is 2.15. The van der Waals surface area contributed by atoms with Crippen LogP contribution in [0.5, 0.6) is 0 Å². The first-order valence-corrected chi connectivity index (χ1v) is 6.18. The summed E-state index contributed by atoms with van der Waals surface area (Å²) in [5.74, 6) is 0.954. The van der Waals surface area contributed by atoms with Crippen LogP contribution in [0.25, 0.3) is 0 Å². The van der Waals surface area contributed by atoms with Crippen molar-refractivity contribution in [1.82, 2.24) is 9.97 Å². The van der Waals surface area contributed by atoms with Gasteiger partial charge in [0.25, 0.3) is 0 Å². The molecule has 0 aromatic carbocycles. The van der Waals surface area contributed by atoms with Crippen LogP contribution in [0.4, 0.5) is 5.82 Å². The zero-order chi connectivity index (χ0) is 11.3. The summed E-state index contributed by atoms with van der Waals surface area (Å²) < 4.78 is 0. The molecule has 5 heteroatoms. The fourth-order valence-corrected chi connectivity index (χ4v) is 1.54. The Hall–Kier alpha value is -0.810. The Morgan fingerprint density at radius 1 is 1.53 bits per heavy atom. The minimum absolute atomic E-state index is 0.231. The molecule has 0 bridgehead atoms. The number of nitrogens with zero attached hydrogens (tertiary/aromatic N) is 3. The van der Waals surface area contributed by atoms with Crippen molar-refractivity contribution in [2.75, 3.05) is 24.7 Å². The van der Waals surface area contributed by atoms with E-state index in [9.17, 15) is 0 Å². The Morgan fingerprint density at radius 3 is 2.87 bits per heavy atom. The molecule has 1 aromatic rings. The van der Waals surface area contributed by atoms with E-state index < -0.39 is 0 Å². The van der Waals surface area contributed by atoms with Gasteiger partial charge in [-0.05, 0) is 19.6 Å². The SMILES string of the molecule is CSc1cc(N(C)CCC(C)N)ncn1. The highest BCUT2D eigenvalue weighted by Gasteiger charge is 2.04. The van der Waals surface area contributed by atoms with Gasteiger partial charge in [0.05, 0.1) is 0 Å². The Morgan fingerprint density at radius 2 is 2.27 bits per heavy atom. The van der Waals surface area contributed by atoms with Crippen molar-refractivity contribution in [1.29, 1.82) is 0 Å². The Kier molecular flexibility index (Phi) is 4.84. The zero-order valence-electron chi connectivity index (χ0n) is 9.47. The lowest BCUT2D eigenvalue weighted by Gasteiger charge is -2.19. The van der Waals surface area contributed by atoms with Crippen LogP contribution in [0.2, 0.25) is 0 Å². The van der Waals surface area contributed by atoms with Crippen LogP contribution in [0.15, 0.2) is 17.4 Å². The Bertz CT molecular complexity index is 303. The smallest absolute Gasteiger partial charge is 0.132 e. The molecule has 0 saturated heterocycles. The topological polar surface area (TPSA) is 55.0 Å². The first-order chi connectivity index (χ1) is 7.13. The van der Waals surface area contributed by atoms with Gasteiger partial charge in [-0.25, -0.2) is 9.97 Å². The molecule has 0 amide bonds. The van der Waals surface area contributed by atoms with Gasteiger partial charge >= 0.3 is 0 Å². The molecule has 0 radical (unpaired) electrons. The van der Waals surface area contributed by atoms with E-state index in [0.717, 1.165) is 23.8 Å². The fraction of sp³-hybridized carbons (Fsp3) is 0.600. The summed E-state index contributed by atoms with van der Waals surface area (Å²) in [7, 11) is 2.02. The van der Waals surface area contributed by atoms with E-state index in [2.05, 4.69) is 14.9 Å². The van der Waals surface area contributed by atoms with Crippen molar-refractivity contribution in [3.05, 3.63) is 12.4 Å². The number of nitrogens with two attached hydrogens (primary N) is 1. The second kappa shape index (κ2) is 5.92. The standard InChI is InChI=1S/C10H18N4S/c1-8(11)4-5-14(2)9-6-10(15-3)13-7-12-9/h6-8H,4-5,11H2,1-3H3. The van der Waals surface area contributed by atoms with Crippen molar-refractivity contribution < 1.29 is 0 Å². The van der Waals surface area contributed by atoms with Gasteiger partial charge in [-0.1, -0.05) is 0 Å². The number of hydrogen-bond acceptors (Lipinski definition) is 5. The third-order valence-corrected chi connectivity index (χ3v) is 2.79. The summed E-state index contributed by atoms with van der Waals surface area (Å²) in [6.07, 6.45) is 4.58. The minimum atomic E-state index is 0.231. The van der Waals surface area contributed by atoms with Gasteiger partial charge in [0.2, 0.25) is 0 Å². The molecule has 1 atom stereocenters. The van der Waals surface area contributed by atoms with Crippen molar-refractivity contribution in [2.24, 2.45) is 5.73 Å². The van der Waals surface area contributed by atoms with Crippen LogP contribution in [-0.2, 0) is 0 Å². The van der Waals surface area contributed by atoms with Crippen LogP contribution < -0.4 is 10.6 Å². The molecule has 0 aliphatic carbocycles. The minimum Gasteiger partial charge on any atom is -0.359 e. The molecule has 0 aliphatic heterocycles. The normalized spacial score (nSPS) is 12.5. The van der Waals surface area contributed by atoms with E-state index >= 15 is 0 Å². The number of hydrogen-bond donors (Lipinski definition) is 1. The van der Waals surface area contributed by atoms with E-state index in [-0.39, 0.29) is 6.04 Å². The summed E-state index contributed by atoms with van der Waals surface area (Å²) in [5, 5.41) is 0.993. The van der Waals surface area contributed by atoms with Crippen LogP contribution in [0, 0.1) is 0 Å². The molecule has 0 fully saturated rings. The van der Waals surface area contributed by atoms with E-state index in [1.54, 1.807) is 18.1 Å². The monoisotopic (exact) mass is 226 g/mol. The Balaban J connectivity index is 2.60. The molecule has 0 saturated carbocycles. The van der Waals surface area contributed by atoms with Gasteiger partial charge in [-0.3, -0.25) is 0 Å². The third kappa shape index (κ3) is 4.05. The zero-order valence-corrected chi connectivity index (χ0v) is 10.3. The second-order valence-corrected chi connectivity index (χ2v) is 4.43. The number of rotatable bonds is 5. The summed E-state index contributed by atoms with van der Waals surface area (Å²) in [6, 6.07) is 2.22. The molecule has 1 unspecified atom stereocenters. The lowest BCUT2D eigenvalue weighted by atomic mass is 10.2. The number of anilines is 1. The molecule has 1 aromatic heterocycles. The van der Waals surface area contributed by atoms with Crippen LogP contribution >= 0.6 is 11.8 Å². The van der Waals surface area contributed by atoms with Gasteiger partial charge in [0, 0.05) is 25.7 Å². The number of aromatic nitrogens is 2. The van der Waals surface area contributed by atoms with Crippen LogP contribution in [0.3, 0.4) is 0 Å². The Labute approximate surface area is 95.3 Å². The summed E-state index contributed by atoms with van der Waals surface area (Å²) >= 11 is 1.62. The first-order valence-electron chi connectivity index (χ1n) is 4.96. The maximum Gasteiger partial charge on any atom is 0.132 e. The molecule has 15 heavy (non-hydrogen) atoms. The predicted molar refractivity (Wildman–Crippen MR) is 65.3 cm³/mol. The first kappa shape index (κ1) is 12.3. The molecule has 0 aliphatic rings. The number of thioether (sulfide) groups is 1. The van der Waals surface area contributed by atoms with Crippen molar-refractivity contribution in [2.45, 2.75) is 24.4 Å². The highest BCUT2D eigenvalue weighted by atomic mass is 32.2. The maximum absolute atomic E-state index is 5.71. The summed E-state index contributed by atoms with van der Waals surface area (Å²) in [4.78, 5) is 10.5. The molecule has 1 heterocycles. The van der Waals surface area contributed by atoms with Gasteiger partial charge in [0.1, 0.15) is 17.2 Å². The lowest BCUT2D eigenvalue weighted by molar-refractivity contribution is 0.655. The molecule has 84 valence electrons. The quantitative estimate of drug-likeness (QED) is 0.607. The van der Waals surface area contributed by atoms with E-state index in [0.29, 0.717) is 0 Å². The molecular weight excluding hydrogens is 208 g/mol. The highest BCUT2D eigenvalue weighted by molar-refractivity contribution is 7.98. The molecule has 0 spiro atoms. The fourth-order valence-electron chi connectivity index (χ4n) is 1.16. The van der Waals surface area contributed by atoms with Crippen LogP contribution in [0.1, 0.15) is 13.3 Å². The van der Waals surface area contributed by atoms with Crippen molar-refractivity contribution >= 4 is 17.6 Å². The predicted octanol–water partition coefficient (Wildman–Crippen LogP) is 1.37. The lowest BCUT2D eigenvalue weighted by Crippen LogP contribution is -2.26.